The molecule has 0 aliphatic carbocycles. The Morgan fingerprint density at radius 2 is 1.49 bits per heavy atom. The Kier molecular flexibility index (Phi) is 11.7. The van der Waals surface area contributed by atoms with Crippen LogP contribution in [0, 0.1) is 13.8 Å². The third-order valence-electron chi connectivity index (χ3n) is 9.84. The molecule has 0 saturated heterocycles. The van der Waals surface area contributed by atoms with Crippen LogP contribution in [0.4, 0.5) is 0 Å². The predicted molar refractivity (Wildman–Crippen MR) is 212 cm³/mol. The van der Waals surface area contributed by atoms with Gasteiger partial charge in [0, 0.05) is 54.2 Å². The van der Waals surface area contributed by atoms with Crippen molar-refractivity contribution in [1.29, 1.82) is 0 Å². The fourth-order valence-electron chi connectivity index (χ4n) is 7.03. The average molecular weight is 760 g/mol. The van der Waals surface area contributed by atoms with Crippen molar-refractivity contribution in [2.24, 2.45) is 0 Å². The minimum Gasteiger partial charge on any atom is -0.361 e. The lowest BCUT2D eigenvalue weighted by molar-refractivity contribution is -0.130. The van der Waals surface area contributed by atoms with Gasteiger partial charge in [0.05, 0.1) is 11.1 Å². The largest absolute Gasteiger partial charge is 0.361 e. The number of sulfonamides is 1. The summed E-state index contributed by atoms with van der Waals surface area (Å²) in [5.41, 5.74) is 6.43. The summed E-state index contributed by atoms with van der Waals surface area (Å²) in [6.45, 7) is 7.50. The number of benzene rings is 4. The van der Waals surface area contributed by atoms with E-state index in [9.17, 15) is 22.8 Å². The number of aromatic nitrogens is 2. The van der Waals surface area contributed by atoms with E-state index in [2.05, 4.69) is 20.2 Å². The van der Waals surface area contributed by atoms with E-state index >= 15 is 0 Å². The number of amides is 3. The fraction of sp³-hybridized carbons (Fsp3) is 0.256. The van der Waals surface area contributed by atoms with Crippen molar-refractivity contribution >= 4 is 38.6 Å². The number of nitrogens with one attached hydrogen (secondary N) is 3. The number of carbonyl (C=O) groups excluding carboxylic acids is 3. The summed E-state index contributed by atoms with van der Waals surface area (Å²) in [6.07, 6.45) is 4.25. The first kappa shape index (κ1) is 38.7. The van der Waals surface area contributed by atoms with Gasteiger partial charge < -0.3 is 19.7 Å². The summed E-state index contributed by atoms with van der Waals surface area (Å²) in [4.78, 5) is 47.5. The maximum atomic E-state index is 14.6. The molecule has 12 heteroatoms. The molecule has 2 aromatic heterocycles. The van der Waals surface area contributed by atoms with Crippen molar-refractivity contribution in [3.05, 3.63) is 142 Å². The second-order valence-corrected chi connectivity index (χ2v) is 15.4. The first-order chi connectivity index (χ1) is 26.4. The minimum absolute atomic E-state index is 0.0273. The van der Waals surface area contributed by atoms with E-state index < -0.39 is 33.9 Å². The van der Waals surface area contributed by atoms with Gasteiger partial charge in [0.2, 0.25) is 5.91 Å². The van der Waals surface area contributed by atoms with Crippen molar-refractivity contribution in [2.45, 2.75) is 70.4 Å². The predicted octanol–water partition coefficient (Wildman–Crippen LogP) is 6.48. The third kappa shape index (κ3) is 8.70. The normalized spacial score (nSPS) is 12.6. The molecular weight excluding hydrogens is 715 g/mol. The number of rotatable bonds is 14. The SMILES string of the molecule is CCc1cccc(CC)c1S(=O)(=O)NC(=O)[C@H](Cc1c[nH]c2ccccc12)NC(=O)[C@@H](Cc1ccc(-c2ccno2)cc1)N(C)C(=O)c1cc(C)cc(C)c1. The summed E-state index contributed by atoms with van der Waals surface area (Å²) in [7, 11) is -2.79. The highest BCUT2D eigenvalue weighted by molar-refractivity contribution is 7.90. The van der Waals surface area contributed by atoms with E-state index in [4.69, 9.17) is 4.52 Å². The molecule has 11 nitrogen and oxygen atoms in total. The molecular formula is C43H45N5O6S. The second-order valence-electron chi connectivity index (χ2n) is 13.8. The van der Waals surface area contributed by atoms with Gasteiger partial charge in [-0.2, -0.15) is 0 Å². The molecule has 0 aliphatic rings. The van der Waals surface area contributed by atoms with Gasteiger partial charge in [0.25, 0.3) is 21.8 Å². The molecule has 6 aromatic rings. The van der Waals surface area contributed by atoms with E-state index in [0.717, 1.165) is 33.2 Å². The van der Waals surface area contributed by atoms with Crippen LogP contribution in [0.3, 0.4) is 0 Å². The van der Waals surface area contributed by atoms with Crippen LogP contribution in [-0.4, -0.2) is 60.3 Å². The topological polar surface area (TPSA) is 154 Å². The van der Waals surface area contributed by atoms with E-state index in [-0.39, 0.29) is 23.6 Å². The molecule has 0 bridgehead atoms. The van der Waals surface area contributed by atoms with Gasteiger partial charge in [-0.3, -0.25) is 14.4 Å². The van der Waals surface area contributed by atoms with Gasteiger partial charge >= 0.3 is 0 Å². The number of nitrogens with zero attached hydrogens (tertiary/aromatic N) is 2. The van der Waals surface area contributed by atoms with E-state index in [1.54, 1.807) is 55.8 Å². The highest BCUT2D eigenvalue weighted by atomic mass is 32.2. The van der Waals surface area contributed by atoms with Gasteiger partial charge in [-0.05, 0) is 67.1 Å². The molecule has 3 amide bonds. The Balaban J connectivity index is 1.36. The molecule has 0 saturated carbocycles. The number of para-hydroxylation sites is 1. The van der Waals surface area contributed by atoms with E-state index in [1.807, 2.05) is 82.3 Å². The van der Waals surface area contributed by atoms with Crippen LogP contribution in [0.15, 0.2) is 113 Å². The van der Waals surface area contributed by atoms with Crippen molar-refractivity contribution in [2.75, 3.05) is 7.05 Å². The van der Waals surface area contributed by atoms with Gasteiger partial charge in [0.15, 0.2) is 5.76 Å². The minimum atomic E-state index is -4.35. The summed E-state index contributed by atoms with van der Waals surface area (Å²) in [5, 5.41) is 7.47. The quantitative estimate of drug-likeness (QED) is 0.115. The van der Waals surface area contributed by atoms with Crippen LogP contribution >= 0.6 is 0 Å². The summed E-state index contributed by atoms with van der Waals surface area (Å²) in [5.74, 6) is -1.32. The van der Waals surface area contributed by atoms with Gasteiger partial charge in [-0.25, -0.2) is 13.1 Å². The van der Waals surface area contributed by atoms with Crippen LogP contribution in [0.1, 0.15) is 57.6 Å². The number of likely N-dealkylation sites (N-methyl/N-ethyl adjacent to an activating group) is 1. The Morgan fingerprint density at radius 3 is 2.13 bits per heavy atom. The summed E-state index contributed by atoms with van der Waals surface area (Å²) >= 11 is 0. The molecule has 2 atom stereocenters. The van der Waals surface area contributed by atoms with Crippen LogP contribution in [0.2, 0.25) is 0 Å². The van der Waals surface area contributed by atoms with Gasteiger partial charge in [0.1, 0.15) is 12.1 Å². The molecule has 55 heavy (non-hydrogen) atoms. The van der Waals surface area contributed by atoms with Crippen molar-refractivity contribution in [3.8, 4) is 11.3 Å². The maximum absolute atomic E-state index is 14.6. The van der Waals surface area contributed by atoms with Crippen LogP contribution in [0.5, 0.6) is 0 Å². The van der Waals surface area contributed by atoms with Crippen molar-refractivity contribution in [1.82, 2.24) is 25.1 Å². The molecule has 4 aromatic carbocycles. The first-order valence-electron chi connectivity index (χ1n) is 18.3. The monoisotopic (exact) mass is 759 g/mol. The van der Waals surface area contributed by atoms with E-state index in [0.29, 0.717) is 40.9 Å². The molecule has 0 fully saturated rings. The Labute approximate surface area is 321 Å². The van der Waals surface area contributed by atoms with Crippen molar-refractivity contribution < 1.29 is 27.3 Å². The summed E-state index contributed by atoms with van der Waals surface area (Å²) in [6, 6.07) is 25.0. The smallest absolute Gasteiger partial charge is 0.264 e. The zero-order valence-corrected chi connectivity index (χ0v) is 32.4. The summed E-state index contributed by atoms with van der Waals surface area (Å²) < 4.78 is 35.6. The number of carbonyl (C=O) groups is 3. The number of H-pyrrole nitrogens is 1. The Hall–Kier alpha value is -6.01. The highest BCUT2D eigenvalue weighted by Gasteiger charge is 2.34. The lowest BCUT2D eigenvalue weighted by Crippen LogP contribution is -2.56. The van der Waals surface area contributed by atoms with Crippen LogP contribution in [-0.2, 0) is 45.3 Å². The lowest BCUT2D eigenvalue weighted by atomic mass is 9.99. The first-order valence-corrected chi connectivity index (χ1v) is 19.7. The Bertz CT molecular complexity index is 2400. The molecule has 3 N–H and O–H groups in total. The molecule has 2 heterocycles. The fourth-order valence-corrected chi connectivity index (χ4v) is 8.66. The zero-order valence-electron chi connectivity index (χ0n) is 31.6. The maximum Gasteiger partial charge on any atom is 0.264 e. The highest BCUT2D eigenvalue weighted by Crippen LogP contribution is 2.25. The molecule has 6 rings (SSSR count). The molecule has 0 unspecified atom stereocenters. The second kappa shape index (κ2) is 16.6. The molecule has 284 valence electrons. The van der Waals surface area contributed by atoms with Crippen LogP contribution in [0.25, 0.3) is 22.2 Å². The number of hydrogen-bond donors (Lipinski definition) is 3. The third-order valence-corrected chi connectivity index (χ3v) is 11.4. The number of aryl methyl sites for hydroxylation is 4. The van der Waals surface area contributed by atoms with Gasteiger partial charge in [-0.15, -0.1) is 0 Å². The Morgan fingerprint density at radius 1 is 0.818 bits per heavy atom. The molecule has 0 radical (unpaired) electrons. The zero-order chi connectivity index (χ0) is 39.3. The van der Waals surface area contributed by atoms with Gasteiger partial charge in [-0.1, -0.05) is 96.9 Å². The van der Waals surface area contributed by atoms with E-state index in [1.165, 1.54) is 4.90 Å². The molecule has 0 aliphatic heterocycles. The van der Waals surface area contributed by atoms with Crippen LogP contribution < -0.4 is 10.0 Å². The van der Waals surface area contributed by atoms with Crippen molar-refractivity contribution in [3.63, 3.8) is 0 Å². The standard InChI is InChI=1S/C43H45N5O6S/c1-6-30-11-10-12-31(7-2)40(30)55(52,53)47-41(49)37(25-34-26-44-36-14-9-8-13-35(34)36)46-42(50)38(48(5)43(51)33-22-27(3)21-28(4)23-33)24-29-15-17-32(18-16-29)39-19-20-45-54-39/h8-23,26,37-38,44H,6-7,24-25H2,1-5H3,(H,46,50)(H,47,49)/t37-,38+/m0/s1. The number of hydrogen-bond acceptors (Lipinski definition) is 7. The molecule has 0 spiro atoms. The number of fused-ring (bicyclic) bond motifs is 1. The average Bonchev–Trinajstić information content (AvgIpc) is 3.86. The lowest BCUT2D eigenvalue weighted by Gasteiger charge is -2.30. The number of aromatic amines is 1.